The number of nitrogens with one attached hydrogen (secondary N) is 2. The Morgan fingerprint density at radius 3 is 2.62 bits per heavy atom. The predicted molar refractivity (Wildman–Crippen MR) is 113 cm³/mol. The number of carbonyl (C=O) groups excluding carboxylic acids is 2. The monoisotopic (exact) mass is 487 g/mol. The molecule has 0 spiro atoms. The predicted octanol–water partition coefficient (Wildman–Crippen LogP) is 3.89. The van der Waals surface area contributed by atoms with Crippen molar-refractivity contribution in [1.29, 1.82) is 0 Å². The number of anilines is 2. The molecule has 0 bridgehead atoms. The van der Waals surface area contributed by atoms with Crippen LogP contribution in [0.1, 0.15) is 25.5 Å². The lowest BCUT2D eigenvalue weighted by molar-refractivity contribution is -0.114. The average molecular weight is 488 g/mol. The summed E-state index contributed by atoms with van der Waals surface area (Å²) in [6, 6.07) is 3.93. The average Bonchev–Trinajstić information content (AvgIpc) is 3.05. The van der Waals surface area contributed by atoms with E-state index in [0.717, 1.165) is 6.07 Å². The topological polar surface area (TPSA) is 124 Å². The van der Waals surface area contributed by atoms with Gasteiger partial charge in [-0.1, -0.05) is 16.8 Å². The summed E-state index contributed by atoms with van der Waals surface area (Å²) < 4.78 is 33.5. The van der Waals surface area contributed by atoms with Gasteiger partial charge in [0.05, 0.1) is 23.1 Å². The molecule has 2 N–H and O–H groups in total. The third kappa shape index (κ3) is 5.65. The van der Waals surface area contributed by atoms with E-state index in [2.05, 4.69) is 30.9 Å². The summed E-state index contributed by atoms with van der Waals surface area (Å²) in [6.45, 7) is 2.69. The maximum atomic E-state index is 13.8. The van der Waals surface area contributed by atoms with Gasteiger partial charge in [0.15, 0.2) is 16.7 Å². The van der Waals surface area contributed by atoms with E-state index in [1.54, 1.807) is 0 Å². The molecule has 3 heterocycles. The smallest absolute Gasteiger partial charge is 0.413 e. The molecule has 3 rings (SSSR count). The zero-order valence-corrected chi connectivity index (χ0v) is 18.5. The Labute approximate surface area is 191 Å². The molecule has 32 heavy (non-hydrogen) atoms. The van der Waals surface area contributed by atoms with E-state index >= 15 is 0 Å². The van der Waals surface area contributed by atoms with Crippen LogP contribution in [0.5, 0.6) is 0 Å². The van der Waals surface area contributed by atoms with Gasteiger partial charge in [-0.25, -0.2) is 23.8 Å². The van der Waals surface area contributed by atoms with Gasteiger partial charge in [-0.2, -0.15) is 4.39 Å². The first kappa shape index (κ1) is 24.9. The highest BCUT2D eigenvalue weighted by Gasteiger charge is 2.22. The minimum atomic E-state index is -1.13. The molecule has 0 aliphatic rings. The van der Waals surface area contributed by atoms with Crippen molar-refractivity contribution in [2.24, 2.45) is 7.05 Å². The highest BCUT2D eigenvalue weighted by atomic mass is 35.5. The number of hydrogen-bond acceptors (Lipinski definition) is 7. The third-order valence-electron chi connectivity index (χ3n) is 4.00. The summed E-state index contributed by atoms with van der Waals surface area (Å²) >= 11 is 6.09. The first-order valence-electron chi connectivity index (χ1n) is 8.78. The molecule has 1 atom stereocenters. The molecule has 14 heteroatoms. The zero-order chi connectivity index (χ0) is 22.7. The van der Waals surface area contributed by atoms with Crippen LogP contribution in [0.3, 0.4) is 0 Å². The summed E-state index contributed by atoms with van der Waals surface area (Å²) in [4.78, 5) is 30.9. The van der Waals surface area contributed by atoms with Crippen molar-refractivity contribution in [1.82, 2.24) is 25.0 Å². The molecule has 0 saturated heterocycles. The van der Waals surface area contributed by atoms with Gasteiger partial charge in [-0.05, 0) is 25.1 Å². The van der Waals surface area contributed by atoms with Gasteiger partial charge in [-0.3, -0.25) is 10.1 Å². The standard InChI is InChI=1S/C18H16ClF2N7O3.ClH/c1-8(11-6-10(20)7-22-16(11)21)31-18(30)25-17-14(26-27-28(17)3)12-4-5-13(15(19)24-12)23-9(2)29;/h4-8H,1-3H3,(H,23,29)(H,25,30);1H/t8-;/m1./s1. The van der Waals surface area contributed by atoms with Crippen LogP contribution in [0, 0.1) is 11.8 Å². The highest BCUT2D eigenvalue weighted by Crippen LogP contribution is 2.29. The number of halogens is 4. The summed E-state index contributed by atoms with van der Waals surface area (Å²) in [5, 5.41) is 12.8. The van der Waals surface area contributed by atoms with Gasteiger partial charge in [0, 0.05) is 14.0 Å². The summed E-state index contributed by atoms with van der Waals surface area (Å²) in [7, 11) is 1.51. The fourth-order valence-electron chi connectivity index (χ4n) is 2.59. The highest BCUT2D eigenvalue weighted by molar-refractivity contribution is 6.32. The van der Waals surface area contributed by atoms with E-state index in [-0.39, 0.29) is 46.2 Å². The number of rotatable bonds is 5. The van der Waals surface area contributed by atoms with Crippen LogP contribution in [0.25, 0.3) is 11.4 Å². The van der Waals surface area contributed by atoms with Gasteiger partial charge in [-0.15, -0.1) is 17.5 Å². The van der Waals surface area contributed by atoms with Gasteiger partial charge >= 0.3 is 6.09 Å². The fourth-order valence-corrected chi connectivity index (χ4v) is 2.79. The second-order valence-electron chi connectivity index (χ2n) is 6.33. The van der Waals surface area contributed by atoms with E-state index in [1.807, 2.05) is 0 Å². The minimum Gasteiger partial charge on any atom is -0.441 e. The molecule has 0 aromatic carbocycles. The van der Waals surface area contributed by atoms with Crippen LogP contribution in [0.4, 0.5) is 25.1 Å². The zero-order valence-electron chi connectivity index (χ0n) is 16.9. The molecule has 0 saturated carbocycles. The van der Waals surface area contributed by atoms with Crippen LogP contribution in [0.2, 0.25) is 5.15 Å². The Morgan fingerprint density at radius 2 is 1.97 bits per heavy atom. The molecule has 10 nitrogen and oxygen atoms in total. The van der Waals surface area contributed by atoms with Crippen molar-refractivity contribution in [3.8, 4) is 11.4 Å². The molecule has 3 aromatic heterocycles. The van der Waals surface area contributed by atoms with Crippen LogP contribution >= 0.6 is 24.0 Å². The first-order valence-corrected chi connectivity index (χ1v) is 9.16. The maximum absolute atomic E-state index is 13.8. The molecular weight excluding hydrogens is 471 g/mol. The Bertz CT molecular complexity index is 1160. The molecule has 0 aliphatic carbocycles. The summed E-state index contributed by atoms with van der Waals surface area (Å²) in [6.07, 6.45) is -1.38. The van der Waals surface area contributed by atoms with Crippen LogP contribution in [-0.2, 0) is 16.6 Å². The quantitative estimate of drug-likeness (QED) is 0.522. The van der Waals surface area contributed by atoms with E-state index < -0.39 is 24.0 Å². The summed E-state index contributed by atoms with van der Waals surface area (Å²) in [5.74, 6) is -1.93. The molecule has 0 fully saturated rings. The number of carbonyl (C=O) groups is 2. The Hall–Kier alpha value is -3.38. The minimum absolute atomic E-state index is 0. The Morgan fingerprint density at radius 1 is 1.25 bits per heavy atom. The van der Waals surface area contributed by atoms with Gasteiger partial charge in [0.2, 0.25) is 11.9 Å². The van der Waals surface area contributed by atoms with Crippen molar-refractivity contribution in [2.75, 3.05) is 10.6 Å². The molecule has 0 aliphatic heterocycles. The number of hydrogen-bond donors (Lipinski definition) is 2. The molecule has 0 unspecified atom stereocenters. The number of amides is 2. The third-order valence-corrected chi connectivity index (χ3v) is 4.29. The summed E-state index contributed by atoms with van der Waals surface area (Å²) in [5.41, 5.74) is 0.508. The van der Waals surface area contributed by atoms with Crippen molar-refractivity contribution in [3.05, 3.63) is 46.9 Å². The van der Waals surface area contributed by atoms with Crippen molar-refractivity contribution in [2.45, 2.75) is 20.0 Å². The van der Waals surface area contributed by atoms with E-state index in [9.17, 15) is 18.4 Å². The van der Waals surface area contributed by atoms with E-state index in [1.165, 1.54) is 37.7 Å². The lowest BCUT2D eigenvalue weighted by Gasteiger charge is -2.15. The van der Waals surface area contributed by atoms with E-state index in [4.69, 9.17) is 16.3 Å². The van der Waals surface area contributed by atoms with Crippen LogP contribution in [-0.4, -0.2) is 37.0 Å². The fraction of sp³-hybridized carbons (Fsp3) is 0.222. The van der Waals surface area contributed by atoms with Gasteiger partial charge in [0.25, 0.3) is 0 Å². The number of pyridine rings is 2. The second-order valence-corrected chi connectivity index (χ2v) is 6.69. The number of ether oxygens (including phenoxy) is 1. The SMILES string of the molecule is CC(=O)Nc1ccc(-c2nnn(C)c2NC(=O)O[C@H](C)c2cc(F)cnc2F)nc1Cl.Cl. The van der Waals surface area contributed by atoms with Crippen molar-refractivity contribution < 1.29 is 23.1 Å². The maximum Gasteiger partial charge on any atom is 0.413 e. The van der Waals surface area contributed by atoms with Crippen LogP contribution < -0.4 is 10.6 Å². The lowest BCUT2D eigenvalue weighted by atomic mass is 10.2. The van der Waals surface area contributed by atoms with Crippen molar-refractivity contribution in [3.63, 3.8) is 0 Å². The molecule has 0 radical (unpaired) electrons. The van der Waals surface area contributed by atoms with Crippen LogP contribution in [0.15, 0.2) is 24.4 Å². The second kappa shape index (κ2) is 10.3. The normalized spacial score (nSPS) is 11.3. The van der Waals surface area contributed by atoms with Gasteiger partial charge in [0.1, 0.15) is 11.9 Å². The van der Waals surface area contributed by atoms with E-state index in [0.29, 0.717) is 11.9 Å². The van der Waals surface area contributed by atoms with Crippen molar-refractivity contribution >= 4 is 47.5 Å². The Kier molecular flexibility index (Phi) is 8.00. The molecule has 2 amide bonds. The first-order chi connectivity index (χ1) is 14.7. The number of aryl methyl sites for hydroxylation is 1. The Balaban J connectivity index is 0.00000363. The van der Waals surface area contributed by atoms with Gasteiger partial charge < -0.3 is 10.1 Å². The number of nitrogens with zero attached hydrogens (tertiary/aromatic N) is 5. The molecule has 170 valence electrons. The lowest BCUT2D eigenvalue weighted by Crippen LogP contribution is -2.19. The largest absolute Gasteiger partial charge is 0.441 e. The molecular formula is C18H17Cl2F2N7O3. The molecule has 3 aromatic rings. The number of aromatic nitrogens is 5.